The summed E-state index contributed by atoms with van der Waals surface area (Å²) in [6.07, 6.45) is 1.76. The molecule has 0 atom stereocenters. The first-order valence-corrected chi connectivity index (χ1v) is 6.58. The summed E-state index contributed by atoms with van der Waals surface area (Å²) in [6, 6.07) is 9.57. The molecule has 19 heavy (non-hydrogen) atoms. The Kier molecular flexibility index (Phi) is 4.63. The number of ether oxygens (including phenoxy) is 2. The van der Waals surface area contributed by atoms with Crippen LogP contribution in [-0.2, 0) is 6.54 Å². The lowest BCUT2D eigenvalue weighted by atomic mass is 10.2. The SMILES string of the molecule is COc1ccc(OC)c(CNc2ccc(Br)cn2)c1. The summed E-state index contributed by atoms with van der Waals surface area (Å²) >= 11 is 3.36. The summed E-state index contributed by atoms with van der Waals surface area (Å²) in [4.78, 5) is 4.26. The van der Waals surface area contributed by atoms with Gasteiger partial charge in [0, 0.05) is 22.8 Å². The van der Waals surface area contributed by atoms with Gasteiger partial charge in [0.2, 0.25) is 0 Å². The van der Waals surface area contributed by atoms with Crippen molar-refractivity contribution >= 4 is 21.7 Å². The topological polar surface area (TPSA) is 43.4 Å². The molecule has 100 valence electrons. The van der Waals surface area contributed by atoms with E-state index in [0.717, 1.165) is 27.4 Å². The highest BCUT2D eigenvalue weighted by Gasteiger charge is 2.05. The van der Waals surface area contributed by atoms with Crippen LogP contribution in [0.1, 0.15) is 5.56 Å². The lowest BCUT2D eigenvalue weighted by Gasteiger charge is -2.11. The van der Waals surface area contributed by atoms with Crippen molar-refractivity contribution in [2.75, 3.05) is 19.5 Å². The number of benzene rings is 1. The fourth-order valence-electron chi connectivity index (χ4n) is 1.69. The molecule has 1 aromatic heterocycles. The third kappa shape index (κ3) is 3.61. The molecule has 0 aliphatic heterocycles. The van der Waals surface area contributed by atoms with E-state index in [-0.39, 0.29) is 0 Å². The van der Waals surface area contributed by atoms with Crippen LogP contribution in [0.3, 0.4) is 0 Å². The third-order valence-electron chi connectivity index (χ3n) is 2.67. The second-order valence-corrected chi connectivity index (χ2v) is 4.81. The van der Waals surface area contributed by atoms with Gasteiger partial charge >= 0.3 is 0 Å². The van der Waals surface area contributed by atoms with Crippen LogP contribution in [0.5, 0.6) is 11.5 Å². The zero-order valence-electron chi connectivity index (χ0n) is 10.8. The first-order chi connectivity index (χ1) is 9.22. The lowest BCUT2D eigenvalue weighted by Crippen LogP contribution is -2.03. The number of methoxy groups -OCH3 is 2. The van der Waals surface area contributed by atoms with Crippen molar-refractivity contribution < 1.29 is 9.47 Å². The minimum absolute atomic E-state index is 0.620. The van der Waals surface area contributed by atoms with E-state index in [0.29, 0.717) is 6.54 Å². The molecule has 0 radical (unpaired) electrons. The van der Waals surface area contributed by atoms with Crippen LogP contribution < -0.4 is 14.8 Å². The molecule has 0 aliphatic carbocycles. The van der Waals surface area contributed by atoms with Crippen LogP contribution in [0.15, 0.2) is 41.0 Å². The monoisotopic (exact) mass is 322 g/mol. The smallest absolute Gasteiger partial charge is 0.126 e. The lowest BCUT2D eigenvalue weighted by molar-refractivity contribution is 0.399. The summed E-state index contributed by atoms with van der Waals surface area (Å²) in [6.45, 7) is 0.620. The van der Waals surface area contributed by atoms with Crippen LogP contribution in [0.2, 0.25) is 0 Å². The summed E-state index contributed by atoms with van der Waals surface area (Å²) in [5, 5.41) is 3.25. The molecule has 1 N–H and O–H groups in total. The molecule has 5 heteroatoms. The van der Waals surface area contributed by atoms with E-state index >= 15 is 0 Å². The molecular formula is C14H15BrN2O2. The molecule has 2 aromatic rings. The molecule has 0 saturated carbocycles. The second kappa shape index (κ2) is 6.43. The molecule has 4 nitrogen and oxygen atoms in total. The largest absolute Gasteiger partial charge is 0.497 e. The Bertz CT molecular complexity index is 544. The molecule has 0 bridgehead atoms. The molecule has 0 spiro atoms. The number of rotatable bonds is 5. The van der Waals surface area contributed by atoms with Gasteiger partial charge in [-0.25, -0.2) is 4.98 Å². The first-order valence-electron chi connectivity index (χ1n) is 5.79. The minimum Gasteiger partial charge on any atom is -0.497 e. The molecule has 0 saturated heterocycles. The highest BCUT2D eigenvalue weighted by Crippen LogP contribution is 2.24. The molecule has 2 rings (SSSR count). The quantitative estimate of drug-likeness (QED) is 0.915. The van der Waals surface area contributed by atoms with Gasteiger partial charge in [-0.05, 0) is 46.3 Å². The number of anilines is 1. The van der Waals surface area contributed by atoms with E-state index in [2.05, 4.69) is 26.2 Å². The van der Waals surface area contributed by atoms with E-state index in [4.69, 9.17) is 9.47 Å². The van der Waals surface area contributed by atoms with Gasteiger partial charge in [-0.15, -0.1) is 0 Å². The predicted octanol–water partition coefficient (Wildman–Crippen LogP) is 3.47. The van der Waals surface area contributed by atoms with Crippen LogP contribution >= 0.6 is 15.9 Å². The highest BCUT2D eigenvalue weighted by molar-refractivity contribution is 9.10. The molecule has 0 amide bonds. The maximum absolute atomic E-state index is 5.33. The molecule has 0 fully saturated rings. The zero-order chi connectivity index (χ0) is 13.7. The summed E-state index contributed by atoms with van der Waals surface area (Å²) in [5.74, 6) is 2.44. The Morgan fingerprint density at radius 3 is 2.63 bits per heavy atom. The Hall–Kier alpha value is -1.75. The molecule has 1 heterocycles. The normalized spacial score (nSPS) is 10.1. The standard InChI is InChI=1S/C14H15BrN2O2/c1-18-12-4-5-13(19-2)10(7-12)8-16-14-6-3-11(15)9-17-14/h3-7,9H,8H2,1-2H3,(H,16,17). The Morgan fingerprint density at radius 2 is 2.00 bits per heavy atom. The van der Waals surface area contributed by atoms with Gasteiger partial charge in [0.25, 0.3) is 0 Å². The van der Waals surface area contributed by atoms with Gasteiger partial charge in [-0.2, -0.15) is 0 Å². The van der Waals surface area contributed by atoms with Gasteiger partial charge < -0.3 is 14.8 Å². The Morgan fingerprint density at radius 1 is 1.16 bits per heavy atom. The third-order valence-corrected chi connectivity index (χ3v) is 3.14. The number of aromatic nitrogens is 1. The van der Waals surface area contributed by atoms with E-state index in [1.807, 2.05) is 30.3 Å². The summed E-state index contributed by atoms with van der Waals surface area (Å²) in [7, 11) is 3.30. The zero-order valence-corrected chi connectivity index (χ0v) is 12.4. The van der Waals surface area contributed by atoms with Crippen molar-refractivity contribution in [3.63, 3.8) is 0 Å². The first kappa shape index (κ1) is 13.7. The highest BCUT2D eigenvalue weighted by atomic mass is 79.9. The molecular weight excluding hydrogens is 308 g/mol. The van der Waals surface area contributed by atoms with Gasteiger partial charge in [-0.1, -0.05) is 0 Å². The average molecular weight is 323 g/mol. The van der Waals surface area contributed by atoms with Crippen molar-refractivity contribution in [2.45, 2.75) is 6.54 Å². The average Bonchev–Trinajstić information content (AvgIpc) is 2.46. The van der Waals surface area contributed by atoms with Gasteiger partial charge in [0.15, 0.2) is 0 Å². The van der Waals surface area contributed by atoms with Gasteiger partial charge in [0.05, 0.1) is 14.2 Å². The number of nitrogens with zero attached hydrogens (tertiary/aromatic N) is 1. The van der Waals surface area contributed by atoms with Crippen molar-refractivity contribution in [2.24, 2.45) is 0 Å². The second-order valence-electron chi connectivity index (χ2n) is 3.89. The van der Waals surface area contributed by atoms with Crippen LogP contribution in [0, 0.1) is 0 Å². The van der Waals surface area contributed by atoms with Crippen LogP contribution in [0.4, 0.5) is 5.82 Å². The fraction of sp³-hybridized carbons (Fsp3) is 0.214. The van der Waals surface area contributed by atoms with Crippen molar-refractivity contribution in [1.82, 2.24) is 4.98 Å². The molecule has 1 aromatic carbocycles. The van der Waals surface area contributed by atoms with Crippen molar-refractivity contribution in [1.29, 1.82) is 0 Å². The Balaban J connectivity index is 2.11. The van der Waals surface area contributed by atoms with Crippen LogP contribution in [-0.4, -0.2) is 19.2 Å². The number of nitrogens with one attached hydrogen (secondary N) is 1. The maximum Gasteiger partial charge on any atom is 0.126 e. The number of halogens is 1. The van der Waals surface area contributed by atoms with E-state index < -0.39 is 0 Å². The Labute approximate surface area is 120 Å². The summed E-state index contributed by atoms with van der Waals surface area (Å²) in [5.41, 5.74) is 1.02. The van der Waals surface area contributed by atoms with Crippen molar-refractivity contribution in [3.05, 3.63) is 46.6 Å². The van der Waals surface area contributed by atoms with E-state index in [1.54, 1.807) is 20.4 Å². The van der Waals surface area contributed by atoms with Crippen LogP contribution in [0.25, 0.3) is 0 Å². The fourth-order valence-corrected chi connectivity index (χ4v) is 1.92. The number of hydrogen-bond donors (Lipinski definition) is 1. The van der Waals surface area contributed by atoms with Crippen molar-refractivity contribution in [3.8, 4) is 11.5 Å². The molecule has 0 unspecified atom stereocenters. The van der Waals surface area contributed by atoms with Gasteiger partial charge in [0.1, 0.15) is 17.3 Å². The van der Waals surface area contributed by atoms with Gasteiger partial charge in [-0.3, -0.25) is 0 Å². The number of pyridine rings is 1. The van der Waals surface area contributed by atoms with E-state index in [9.17, 15) is 0 Å². The maximum atomic E-state index is 5.33. The summed E-state index contributed by atoms with van der Waals surface area (Å²) < 4.78 is 11.5. The molecule has 0 aliphatic rings. The van der Waals surface area contributed by atoms with E-state index in [1.165, 1.54) is 0 Å². The minimum atomic E-state index is 0.620. The predicted molar refractivity (Wildman–Crippen MR) is 78.8 cm³/mol. The number of hydrogen-bond acceptors (Lipinski definition) is 4.